The van der Waals surface area contributed by atoms with Crippen LogP contribution >= 0.6 is 0 Å². The first kappa shape index (κ1) is 8.99. The Morgan fingerprint density at radius 1 is 1.50 bits per heavy atom. The van der Waals surface area contributed by atoms with Crippen LogP contribution in [0.15, 0.2) is 11.6 Å². The summed E-state index contributed by atoms with van der Waals surface area (Å²) in [6, 6.07) is 2.04. The second kappa shape index (κ2) is 4.06. The van der Waals surface area contributed by atoms with Gasteiger partial charge in [-0.1, -0.05) is 12.5 Å². The minimum atomic E-state index is 0.336. The Labute approximate surface area is 72.9 Å². The van der Waals surface area contributed by atoms with Gasteiger partial charge in [-0.15, -0.1) is 0 Å². The molecule has 0 radical (unpaired) electrons. The van der Waals surface area contributed by atoms with Crippen LogP contribution in [-0.4, -0.2) is 5.78 Å². The van der Waals surface area contributed by atoms with Gasteiger partial charge in [-0.3, -0.25) is 4.79 Å². The number of rotatable bonds is 0. The lowest BCUT2D eigenvalue weighted by Crippen LogP contribution is -1.96. The topological polar surface area (TPSA) is 40.9 Å². The van der Waals surface area contributed by atoms with Crippen molar-refractivity contribution in [1.82, 2.24) is 0 Å². The number of nitrogens with zero attached hydrogens (tertiary/aromatic N) is 1. The maximum Gasteiger partial charge on any atom is 0.133 e. The zero-order chi connectivity index (χ0) is 8.97. The quantitative estimate of drug-likeness (QED) is 0.406. The van der Waals surface area contributed by atoms with Crippen molar-refractivity contribution in [2.75, 3.05) is 0 Å². The number of carbonyl (C=O) groups is 1. The fourth-order valence-corrected chi connectivity index (χ4v) is 1.52. The van der Waals surface area contributed by atoms with Crippen LogP contribution in [0.3, 0.4) is 0 Å². The highest BCUT2D eigenvalue weighted by molar-refractivity contribution is 5.79. The average molecular weight is 163 g/mol. The summed E-state index contributed by atoms with van der Waals surface area (Å²) < 4.78 is 0. The Bertz CT molecular complexity index is 247. The lowest BCUT2D eigenvalue weighted by atomic mass is 9.96. The Morgan fingerprint density at radius 3 is 2.92 bits per heavy atom. The standard InChI is InChI=1S/C10H13NO/c1-8-2-4-10(12)5-3-9(8)6-7-11/h6,8H,2-5H2,1H3/b9-6-. The monoisotopic (exact) mass is 163 g/mol. The van der Waals surface area contributed by atoms with Gasteiger partial charge >= 0.3 is 0 Å². The zero-order valence-electron chi connectivity index (χ0n) is 7.34. The third-order valence-corrected chi connectivity index (χ3v) is 2.43. The van der Waals surface area contributed by atoms with Crippen molar-refractivity contribution in [2.24, 2.45) is 5.92 Å². The number of Topliss-reactive ketones (excluding diaryl/α,β-unsaturated/α-hetero) is 1. The second-order valence-corrected chi connectivity index (χ2v) is 3.33. The number of allylic oxidation sites excluding steroid dienone is 2. The maximum atomic E-state index is 11.1. The lowest BCUT2D eigenvalue weighted by molar-refractivity contribution is -0.118. The Morgan fingerprint density at radius 2 is 2.25 bits per heavy atom. The molecule has 0 aromatic rings. The van der Waals surface area contributed by atoms with Crippen molar-refractivity contribution in [1.29, 1.82) is 5.26 Å². The molecular formula is C10H13NO. The molecule has 1 fully saturated rings. The largest absolute Gasteiger partial charge is 0.300 e. The van der Waals surface area contributed by atoms with Gasteiger partial charge in [0.1, 0.15) is 5.78 Å². The van der Waals surface area contributed by atoms with Gasteiger partial charge in [0.15, 0.2) is 0 Å². The molecule has 0 aromatic heterocycles. The van der Waals surface area contributed by atoms with E-state index in [1.165, 1.54) is 0 Å². The smallest absolute Gasteiger partial charge is 0.133 e. The van der Waals surface area contributed by atoms with E-state index in [0.717, 1.165) is 18.4 Å². The molecule has 0 heterocycles. The molecule has 0 spiro atoms. The molecule has 1 unspecified atom stereocenters. The Hall–Kier alpha value is -1.10. The highest BCUT2D eigenvalue weighted by Crippen LogP contribution is 2.25. The third-order valence-electron chi connectivity index (χ3n) is 2.43. The molecule has 1 rings (SSSR count). The van der Waals surface area contributed by atoms with Crippen molar-refractivity contribution < 1.29 is 4.79 Å². The molecule has 12 heavy (non-hydrogen) atoms. The normalized spacial score (nSPS) is 28.2. The van der Waals surface area contributed by atoms with E-state index in [2.05, 4.69) is 6.92 Å². The van der Waals surface area contributed by atoms with Crippen molar-refractivity contribution in [3.05, 3.63) is 11.6 Å². The fraction of sp³-hybridized carbons (Fsp3) is 0.600. The number of nitriles is 1. The van der Waals surface area contributed by atoms with Crippen LogP contribution in [0.25, 0.3) is 0 Å². The van der Waals surface area contributed by atoms with Gasteiger partial charge in [0.05, 0.1) is 6.07 Å². The van der Waals surface area contributed by atoms with Crippen LogP contribution in [0.1, 0.15) is 32.6 Å². The molecular weight excluding hydrogens is 150 g/mol. The van der Waals surface area contributed by atoms with Crippen LogP contribution in [0, 0.1) is 17.2 Å². The highest BCUT2D eigenvalue weighted by Gasteiger charge is 2.16. The van der Waals surface area contributed by atoms with E-state index in [0.29, 0.717) is 24.5 Å². The van der Waals surface area contributed by atoms with Gasteiger partial charge in [-0.25, -0.2) is 0 Å². The van der Waals surface area contributed by atoms with Crippen molar-refractivity contribution in [3.8, 4) is 6.07 Å². The molecule has 0 saturated heterocycles. The summed E-state index contributed by atoms with van der Waals surface area (Å²) in [5, 5.41) is 8.48. The molecule has 1 saturated carbocycles. The zero-order valence-corrected chi connectivity index (χ0v) is 7.34. The lowest BCUT2D eigenvalue weighted by Gasteiger charge is -2.08. The predicted octanol–water partition coefficient (Wildman–Crippen LogP) is 2.22. The molecule has 0 aromatic carbocycles. The molecule has 2 heteroatoms. The first-order chi connectivity index (χ1) is 5.74. The van der Waals surface area contributed by atoms with E-state index in [9.17, 15) is 4.79 Å². The van der Waals surface area contributed by atoms with Crippen molar-refractivity contribution in [3.63, 3.8) is 0 Å². The third kappa shape index (κ3) is 2.20. The van der Waals surface area contributed by atoms with Gasteiger partial charge in [0, 0.05) is 18.9 Å². The molecule has 1 aliphatic carbocycles. The van der Waals surface area contributed by atoms with Gasteiger partial charge in [-0.05, 0) is 18.8 Å². The van der Waals surface area contributed by atoms with E-state index in [4.69, 9.17) is 5.26 Å². The number of hydrogen-bond acceptors (Lipinski definition) is 2. The molecule has 64 valence electrons. The molecule has 0 aliphatic heterocycles. The molecule has 1 aliphatic rings. The van der Waals surface area contributed by atoms with Gasteiger partial charge in [0.2, 0.25) is 0 Å². The fourth-order valence-electron chi connectivity index (χ4n) is 1.52. The molecule has 0 bridgehead atoms. The van der Waals surface area contributed by atoms with Crippen LogP contribution in [0.5, 0.6) is 0 Å². The van der Waals surface area contributed by atoms with E-state index >= 15 is 0 Å². The van der Waals surface area contributed by atoms with E-state index in [1.807, 2.05) is 6.07 Å². The number of hydrogen-bond donors (Lipinski definition) is 0. The summed E-state index contributed by atoms with van der Waals surface area (Å²) in [7, 11) is 0. The first-order valence-corrected chi connectivity index (χ1v) is 4.34. The van der Waals surface area contributed by atoms with E-state index < -0.39 is 0 Å². The van der Waals surface area contributed by atoms with Crippen LogP contribution in [0.2, 0.25) is 0 Å². The van der Waals surface area contributed by atoms with Crippen LogP contribution in [0.4, 0.5) is 0 Å². The van der Waals surface area contributed by atoms with Crippen molar-refractivity contribution in [2.45, 2.75) is 32.6 Å². The molecule has 0 amide bonds. The maximum absolute atomic E-state index is 11.1. The van der Waals surface area contributed by atoms with Crippen LogP contribution < -0.4 is 0 Å². The minimum absolute atomic E-state index is 0.336. The van der Waals surface area contributed by atoms with E-state index in [1.54, 1.807) is 6.08 Å². The van der Waals surface area contributed by atoms with Gasteiger partial charge in [0.25, 0.3) is 0 Å². The summed E-state index contributed by atoms with van der Waals surface area (Å²) in [5.74, 6) is 0.749. The number of ketones is 1. The van der Waals surface area contributed by atoms with Gasteiger partial charge in [-0.2, -0.15) is 5.26 Å². The summed E-state index contributed by atoms with van der Waals surface area (Å²) >= 11 is 0. The van der Waals surface area contributed by atoms with Gasteiger partial charge < -0.3 is 0 Å². The highest BCUT2D eigenvalue weighted by atomic mass is 16.1. The molecule has 1 atom stereocenters. The average Bonchev–Trinajstić information content (AvgIpc) is 2.20. The summed E-state index contributed by atoms with van der Waals surface area (Å²) in [5.41, 5.74) is 1.14. The Kier molecular flexibility index (Phi) is 3.04. The summed E-state index contributed by atoms with van der Waals surface area (Å²) in [6.45, 7) is 2.09. The second-order valence-electron chi connectivity index (χ2n) is 3.33. The van der Waals surface area contributed by atoms with Crippen LogP contribution in [-0.2, 0) is 4.79 Å². The SMILES string of the molecule is CC1CCC(=O)CC/C1=C/C#N. The minimum Gasteiger partial charge on any atom is -0.300 e. The predicted molar refractivity (Wildman–Crippen MR) is 46.3 cm³/mol. The first-order valence-electron chi connectivity index (χ1n) is 4.34. The van der Waals surface area contributed by atoms with E-state index in [-0.39, 0.29) is 0 Å². The Balaban J connectivity index is 2.70. The molecule has 0 N–H and O–H groups in total. The summed E-state index contributed by atoms with van der Waals surface area (Å²) in [6.07, 6.45) is 4.60. The van der Waals surface area contributed by atoms with Crippen molar-refractivity contribution >= 4 is 5.78 Å². The number of carbonyl (C=O) groups excluding carboxylic acids is 1. The summed E-state index contributed by atoms with van der Waals surface area (Å²) in [4.78, 5) is 11.1. The molecule has 2 nitrogen and oxygen atoms in total.